The number of esters is 1. The van der Waals surface area contributed by atoms with Gasteiger partial charge in [0, 0.05) is 18.9 Å². The molecule has 2 rings (SSSR count). The minimum Gasteiger partial charge on any atom is -0.460 e. The predicted octanol–water partition coefficient (Wildman–Crippen LogP) is 2.39. The van der Waals surface area contributed by atoms with Crippen LogP contribution in [0.3, 0.4) is 0 Å². The summed E-state index contributed by atoms with van der Waals surface area (Å²) in [6.45, 7) is 1.15. The molecular formula is C17H24O4. The molecule has 0 amide bonds. The van der Waals surface area contributed by atoms with Crippen LogP contribution in [0.5, 0.6) is 0 Å². The van der Waals surface area contributed by atoms with Gasteiger partial charge in [-0.1, -0.05) is 36.8 Å². The molecule has 3 atom stereocenters. The topological polar surface area (TPSA) is 66.8 Å². The lowest BCUT2D eigenvalue weighted by Crippen LogP contribution is -2.41. The largest absolute Gasteiger partial charge is 0.460 e. The number of carbonyl (C=O) groups excluding carboxylic acids is 1. The van der Waals surface area contributed by atoms with E-state index < -0.39 is 11.6 Å². The molecule has 1 saturated carbocycles. The van der Waals surface area contributed by atoms with Gasteiger partial charge in [-0.15, -0.1) is 0 Å². The third kappa shape index (κ3) is 4.05. The number of carbonyl (C=O) groups is 1. The average Bonchev–Trinajstić information content (AvgIpc) is 2.48. The van der Waals surface area contributed by atoms with Gasteiger partial charge < -0.3 is 14.9 Å². The molecule has 2 N–H and O–H groups in total. The zero-order valence-electron chi connectivity index (χ0n) is 12.5. The summed E-state index contributed by atoms with van der Waals surface area (Å²) in [5, 5.41) is 19.0. The normalized spacial score (nSPS) is 25.1. The van der Waals surface area contributed by atoms with Crippen LogP contribution in [0.1, 0.15) is 50.5 Å². The molecule has 0 aromatic heterocycles. The van der Waals surface area contributed by atoms with Crippen molar-refractivity contribution in [3.05, 3.63) is 35.9 Å². The first kappa shape index (κ1) is 16.0. The zero-order valence-corrected chi connectivity index (χ0v) is 12.5. The van der Waals surface area contributed by atoms with Crippen molar-refractivity contribution in [3.63, 3.8) is 0 Å². The molecule has 21 heavy (non-hydrogen) atoms. The van der Waals surface area contributed by atoms with Crippen molar-refractivity contribution in [2.45, 2.75) is 56.7 Å². The maximum Gasteiger partial charge on any atom is 0.338 e. The molecule has 1 aromatic rings. The highest BCUT2D eigenvalue weighted by molar-refractivity contribution is 5.78. The summed E-state index contributed by atoms with van der Waals surface area (Å²) in [5.41, 5.74) is -0.440. The van der Waals surface area contributed by atoms with Crippen LogP contribution in [-0.2, 0) is 9.53 Å². The van der Waals surface area contributed by atoms with E-state index in [1.807, 2.05) is 18.2 Å². The van der Waals surface area contributed by atoms with Crippen molar-refractivity contribution >= 4 is 5.97 Å². The van der Waals surface area contributed by atoms with Crippen LogP contribution in [-0.4, -0.2) is 34.5 Å². The highest BCUT2D eigenvalue weighted by Gasteiger charge is 2.36. The highest BCUT2D eigenvalue weighted by atomic mass is 16.6. The Labute approximate surface area is 125 Å². The maximum absolute atomic E-state index is 12.1. The molecule has 2 unspecified atom stereocenters. The van der Waals surface area contributed by atoms with E-state index in [1.165, 1.54) is 12.5 Å². The number of aliphatic hydroxyl groups is 2. The summed E-state index contributed by atoms with van der Waals surface area (Å²) < 4.78 is 5.58. The predicted molar refractivity (Wildman–Crippen MR) is 79.9 cm³/mol. The summed E-state index contributed by atoms with van der Waals surface area (Å²) in [4.78, 5) is 12.1. The van der Waals surface area contributed by atoms with Crippen LogP contribution in [0.2, 0.25) is 0 Å². The first-order chi connectivity index (χ1) is 10.0. The van der Waals surface area contributed by atoms with Crippen molar-refractivity contribution in [3.8, 4) is 0 Å². The maximum atomic E-state index is 12.1. The quantitative estimate of drug-likeness (QED) is 0.818. The summed E-state index contributed by atoms with van der Waals surface area (Å²) >= 11 is 0. The number of ether oxygens (including phenoxy) is 1. The molecule has 0 heterocycles. The second-order valence-corrected chi connectivity index (χ2v) is 5.99. The molecule has 0 saturated heterocycles. The monoisotopic (exact) mass is 292 g/mol. The SMILES string of the molecule is C[C@](O)(CCO)C(=O)OC1CCCCC1c1ccccc1. The van der Waals surface area contributed by atoms with Gasteiger partial charge >= 0.3 is 5.97 Å². The highest BCUT2D eigenvalue weighted by Crippen LogP contribution is 2.35. The van der Waals surface area contributed by atoms with Gasteiger partial charge in [-0.3, -0.25) is 0 Å². The lowest BCUT2D eigenvalue weighted by atomic mass is 9.81. The Kier molecular flexibility index (Phi) is 5.37. The average molecular weight is 292 g/mol. The molecule has 1 fully saturated rings. The summed E-state index contributed by atoms with van der Waals surface area (Å²) in [6.07, 6.45) is 3.77. The van der Waals surface area contributed by atoms with E-state index in [9.17, 15) is 9.90 Å². The van der Waals surface area contributed by atoms with Crippen molar-refractivity contribution in [1.29, 1.82) is 0 Å². The molecule has 4 heteroatoms. The Morgan fingerprint density at radius 2 is 1.95 bits per heavy atom. The lowest BCUT2D eigenvalue weighted by molar-refractivity contribution is -0.173. The third-order valence-electron chi connectivity index (χ3n) is 4.23. The number of hydrogen-bond donors (Lipinski definition) is 2. The van der Waals surface area contributed by atoms with Gasteiger partial charge in [0.2, 0.25) is 0 Å². The van der Waals surface area contributed by atoms with Gasteiger partial charge in [0.1, 0.15) is 6.10 Å². The molecule has 0 aliphatic heterocycles. The molecule has 1 aliphatic carbocycles. The van der Waals surface area contributed by atoms with Crippen LogP contribution in [0.25, 0.3) is 0 Å². The van der Waals surface area contributed by atoms with E-state index in [-0.39, 0.29) is 25.0 Å². The number of aliphatic hydroxyl groups excluding tert-OH is 1. The summed E-state index contributed by atoms with van der Waals surface area (Å²) in [7, 11) is 0. The number of rotatable bonds is 5. The van der Waals surface area contributed by atoms with Crippen LogP contribution in [0, 0.1) is 0 Å². The molecule has 4 nitrogen and oxygen atoms in total. The van der Waals surface area contributed by atoms with E-state index in [0.717, 1.165) is 25.7 Å². The van der Waals surface area contributed by atoms with Crippen molar-refractivity contribution in [2.24, 2.45) is 0 Å². The van der Waals surface area contributed by atoms with Crippen molar-refractivity contribution in [2.75, 3.05) is 6.61 Å². The van der Waals surface area contributed by atoms with Crippen LogP contribution < -0.4 is 0 Å². The summed E-state index contributed by atoms with van der Waals surface area (Å²) in [5.74, 6) is -0.446. The minimum absolute atomic E-state index is 0.00540. The van der Waals surface area contributed by atoms with Crippen LogP contribution in [0.4, 0.5) is 0 Å². The Morgan fingerprint density at radius 1 is 1.29 bits per heavy atom. The van der Waals surface area contributed by atoms with Gasteiger partial charge in [-0.25, -0.2) is 4.79 Å². The van der Waals surface area contributed by atoms with E-state index in [4.69, 9.17) is 9.84 Å². The minimum atomic E-state index is -1.62. The van der Waals surface area contributed by atoms with Crippen molar-refractivity contribution in [1.82, 2.24) is 0 Å². The fourth-order valence-corrected chi connectivity index (χ4v) is 2.90. The van der Waals surface area contributed by atoms with Crippen LogP contribution >= 0.6 is 0 Å². The smallest absolute Gasteiger partial charge is 0.338 e. The van der Waals surface area contributed by atoms with Gasteiger partial charge in [0.25, 0.3) is 0 Å². The fraction of sp³-hybridized carbons (Fsp3) is 0.588. The van der Waals surface area contributed by atoms with Gasteiger partial charge in [-0.2, -0.15) is 0 Å². The van der Waals surface area contributed by atoms with E-state index in [2.05, 4.69) is 12.1 Å². The molecule has 1 aromatic carbocycles. The fourth-order valence-electron chi connectivity index (χ4n) is 2.90. The lowest BCUT2D eigenvalue weighted by Gasteiger charge is -2.33. The number of hydrogen-bond acceptors (Lipinski definition) is 4. The summed E-state index contributed by atoms with van der Waals surface area (Å²) in [6, 6.07) is 10.1. The van der Waals surface area contributed by atoms with Crippen molar-refractivity contribution < 1.29 is 19.7 Å². The molecule has 0 radical (unpaired) electrons. The Hall–Kier alpha value is -1.39. The van der Waals surface area contributed by atoms with E-state index in [0.29, 0.717) is 0 Å². The molecule has 0 bridgehead atoms. The van der Waals surface area contributed by atoms with Crippen LogP contribution in [0.15, 0.2) is 30.3 Å². The van der Waals surface area contributed by atoms with Gasteiger partial charge in [0.05, 0.1) is 0 Å². The second-order valence-electron chi connectivity index (χ2n) is 5.99. The Bertz CT molecular complexity index is 455. The van der Waals surface area contributed by atoms with E-state index in [1.54, 1.807) is 0 Å². The molecular weight excluding hydrogens is 268 g/mol. The Morgan fingerprint density at radius 3 is 2.62 bits per heavy atom. The third-order valence-corrected chi connectivity index (χ3v) is 4.23. The van der Waals surface area contributed by atoms with Gasteiger partial charge in [0.15, 0.2) is 5.60 Å². The molecule has 0 spiro atoms. The first-order valence-corrected chi connectivity index (χ1v) is 7.64. The second kappa shape index (κ2) is 7.05. The molecule has 1 aliphatic rings. The molecule has 116 valence electrons. The van der Waals surface area contributed by atoms with Gasteiger partial charge in [-0.05, 0) is 31.7 Å². The van der Waals surface area contributed by atoms with E-state index >= 15 is 0 Å². The zero-order chi connectivity index (χ0) is 15.3. The Balaban J connectivity index is 2.08. The first-order valence-electron chi connectivity index (χ1n) is 7.64. The number of benzene rings is 1. The standard InChI is InChI=1S/C17H24O4/c1-17(20,11-12-18)16(19)21-15-10-6-5-9-14(15)13-7-3-2-4-8-13/h2-4,7-8,14-15,18,20H,5-6,9-12H2,1H3/t14?,15?,17-/m0/s1.